The molecule has 0 aliphatic rings. The second-order valence-electron chi connectivity index (χ2n) is 4.10. The van der Waals surface area contributed by atoms with E-state index in [1.165, 1.54) is 0 Å². The molecule has 2 aromatic rings. The second kappa shape index (κ2) is 4.72. The van der Waals surface area contributed by atoms with E-state index in [1.54, 1.807) is 16.9 Å². The highest BCUT2D eigenvalue weighted by Crippen LogP contribution is 2.28. The van der Waals surface area contributed by atoms with Crippen LogP contribution in [-0.4, -0.2) is 16.1 Å². The van der Waals surface area contributed by atoms with Gasteiger partial charge >= 0.3 is 0 Å². The van der Waals surface area contributed by atoms with Crippen LogP contribution in [0.5, 0.6) is 0 Å². The Morgan fingerprint density at radius 1 is 1.35 bits per heavy atom. The van der Waals surface area contributed by atoms with E-state index in [-0.39, 0.29) is 6.04 Å². The van der Waals surface area contributed by atoms with Crippen LogP contribution in [0, 0.1) is 0 Å². The van der Waals surface area contributed by atoms with Crippen molar-refractivity contribution < 1.29 is 4.79 Å². The van der Waals surface area contributed by atoms with Gasteiger partial charge in [-0.1, -0.05) is 29.8 Å². The molecule has 0 N–H and O–H groups in total. The van der Waals surface area contributed by atoms with E-state index in [9.17, 15) is 4.79 Å². The third-order valence-electron chi connectivity index (χ3n) is 2.55. The molecule has 88 valence electrons. The summed E-state index contributed by atoms with van der Waals surface area (Å²) < 4.78 is 1.77. The van der Waals surface area contributed by atoms with Gasteiger partial charge in [-0.05, 0) is 19.9 Å². The number of aldehydes is 1. The lowest BCUT2D eigenvalue weighted by molar-refractivity contribution is 0.112. The van der Waals surface area contributed by atoms with Crippen LogP contribution in [-0.2, 0) is 0 Å². The summed E-state index contributed by atoms with van der Waals surface area (Å²) in [5, 5.41) is 5.01. The number of nitrogens with zero attached hydrogens (tertiary/aromatic N) is 2. The Morgan fingerprint density at radius 2 is 2.06 bits per heavy atom. The van der Waals surface area contributed by atoms with Gasteiger partial charge < -0.3 is 0 Å². The van der Waals surface area contributed by atoms with Crippen LogP contribution in [0.3, 0.4) is 0 Å². The van der Waals surface area contributed by atoms with E-state index < -0.39 is 0 Å². The van der Waals surface area contributed by atoms with Crippen molar-refractivity contribution in [1.29, 1.82) is 0 Å². The van der Waals surface area contributed by atoms with Crippen molar-refractivity contribution in [2.75, 3.05) is 0 Å². The molecule has 1 heterocycles. The molecule has 3 nitrogen and oxygen atoms in total. The maximum absolute atomic E-state index is 11.1. The highest BCUT2D eigenvalue weighted by molar-refractivity contribution is 6.33. The Hall–Kier alpha value is -1.61. The van der Waals surface area contributed by atoms with Gasteiger partial charge in [0, 0.05) is 17.8 Å². The Labute approximate surface area is 105 Å². The number of hydrogen-bond donors (Lipinski definition) is 0. The standard InChI is InChI=1S/C13H13ClN2O/c1-9(2)16-7-10(8-17)13(15-16)11-5-3-4-6-12(11)14/h3-9H,1-2H3. The Kier molecular flexibility index (Phi) is 3.29. The third kappa shape index (κ3) is 2.24. The van der Waals surface area contributed by atoms with Crippen LogP contribution >= 0.6 is 11.6 Å². The zero-order chi connectivity index (χ0) is 12.4. The zero-order valence-electron chi connectivity index (χ0n) is 9.72. The minimum atomic E-state index is 0.213. The lowest BCUT2D eigenvalue weighted by atomic mass is 10.1. The van der Waals surface area contributed by atoms with Crippen molar-refractivity contribution in [2.45, 2.75) is 19.9 Å². The molecule has 4 heteroatoms. The van der Waals surface area contributed by atoms with Crippen LogP contribution in [0.15, 0.2) is 30.5 Å². The molecule has 0 bridgehead atoms. The molecule has 1 aromatic carbocycles. The molecular formula is C13H13ClN2O. The predicted molar refractivity (Wildman–Crippen MR) is 68.4 cm³/mol. The van der Waals surface area contributed by atoms with Gasteiger partial charge in [0.1, 0.15) is 5.69 Å². The first-order valence-corrected chi connectivity index (χ1v) is 5.80. The molecule has 0 saturated carbocycles. The Bertz CT molecular complexity index is 546. The lowest BCUT2D eigenvalue weighted by Gasteiger charge is -2.04. The average molecular weight is 249 g/mol. The average Bonchev–Trinajstić information content (AvgIpc) is 2.73. The Balaban J connectivity index is 2.59. The first-order valence-electron chi connectivity index (χ1n) is 5.42. The van der Waals surface area contributed by atoms with Gasteiger partial charge in [0.05, 0.1) is 10.6 Å². The molecule has 0 atom stereocenters. The van der Waals surface area contributed by atoms with Gasteiger partial charge in [0.2, 0.25) is 0 Å². The number of hydrogen-bond acceptors (Lipinski definition) is 2. The monoisotopic (exact) mass is 248 g/mol. The molecule has 0 unspecified atom stereocenters. The first kappa shape index (κ1) is 11.9. The lowest BCUT2D eigenvalue weighted by Crippen LogP contribution is -2.00. The van der Waals surface area contributed by atoms with E-state index in [0.29, 0.717) is 16.3 Å². The van der Waals surface area contributed by atoms with Gasteiger partial charge in [-0.3, -0.25) is 9.48 Å². The quantitative estimate of drug-likeness (QED) is 0.778. The molecule has 0 radical (unpaired) electrons. The van der Waals surface area contributed by atoms with Crippen LogP contribution in [0.1, 0.15) is 30.2 Å². The molecule has 17 heavy (non-hydrogen) atoms. The smallest absolute Gasteiger partial charge is 0.153 e. The fraction of sp³-hybridized carbons (Fsp3) is 0.231. The van der Waals surface area contributed by atoms with E-state index in [1.807, 2.05) is 32.0 Å². The minimum Gasteiger partial charge on any atom is -0.298 e. The molecule has 2 rings (SSSR count). The van der Waals surface area contributed by atoms with Crippen molar-refractivity contribution >= 4 is 17.9 Å². The maximum Gasteiger partial charge on any atom is 0.153 e. The molecule has 0 amide bonds. The Morgan fingerprint density at radius 3 is 2.65 bits per heavy atom. The molecule has 1 aromatic heterocycles. The summed E-state index contributed by atoms with van der Waals surface area (Å²) in [6, 6.07) is 7.60. The summed E-state index contributed by atoms with van der Waals surface area (Å²) in [6.45, 7) is 4.02. The van der Waals surface area contributed by atoms with E-state index in [2.05, 4.69) is 5.10 Å². The number of carbonyl (C=O) groups excluding carboxylic acids is 1. The highest BCUT2D eigenvalue weighted by atomic mass is 35.5. The molecule has 0 fully saturated rings. The third-order valence-corrected chi connectivity index (χ3v) is 2.87. The highest BCUT2D eigenvalue weighted by Gasteiger charge is 2.14. The van der Waals surface area contributed by atoms with Crippen molar-refractivity contribution in [1.82, 2.24) is 9.78 Å². The van der Waals surface area contributed by atoms with Crippen molar-refractivity contribution in [3.05, 3.63) is 41.0 Å². The maximum atomic E-state index is 11.1. The number of aromatic nitrogens is 2. The van der Waals surface area contributed by atoms with Gasteiger partial charge in [-0.2, -0.15) is 5.10 Å². The summed E-state index contributed by atoms with van der Waals surface area (Å²) in [6.07, 6.45) is 2.56. The summed E-state index contributed by atoms with van der Waals surface area (Å²) >= 11 is 6.11. The molecular weight excluding hydrogens is 236 g/mol. The molecule has 0 spiro atoms. The summed E-state index contributed by atoms with van der Waals surface area (Å²) in [4.78, 5) is 11.1. The van der Waals surface area contributed by atoms with Gasteiger partial charge in [0.25, 0.3) is 0 Å². The number of benzene rings is 1. The largest absolute Gasteiger partial charge is 0.298 e. The SMILES string of the molecule is CC(C)n1cc(C=O)c(-c2ccccc2Cl)n1. The second-order valence-corrected chi connectivity index (χ2v) is 4.51. The van der Waals surface area contributed by atoms with Crippen LogP contribution in [0.2, 0.25) is 5.02 Å². The fourth-order valence-electron chi connectivity index (χ4n) is 1.62. The number of carbonyl (C=O) groups is 1. The number of halogens is 1. The molecule has 0 aliphatic heterocycles. The van der Waals surface area contributed by atoms with Crippen LogP contribution < -0.4 is 0 Å². The van der Waals surface area contributed by atoms with Crippen LogP contribution in [0.25, 0.3) is 11.3 Å². The predicted octanol–water partition coefficient (Wildman–Crippen LogP) is 3.60. The minimum absolute atomic E-state index is 0.213. The van der Waals surface area contributed by atoms with E-state index >= 15 is 0 Å². The van der Waals surface area contributed by atoms with Crippen molar-refractivity contribution in [3.63, 3.8) is 0 Å². The van der Waals surface area contributed by atoms with Crippen molar-refractivity contribution in [3.8, 4) is 11.3 Å². The first-order chi connectivity index (χ1) is 8.13. The van der Waals surface area contributed by atoms with Gasteiger partial charge in [0.15, 0.2) is 6.29 Å². The summed E-state index contributed by atoms with van der Waals surface area (Å²) in [7, 11) is 0. The topological polar surface area (TPSA) is 34.9 Å². The number of rotatable bonds is 3. The van der Waals surface area contributed by atoms with Crippen LogP contribution in [0.4, 0.5) is 0 Å². The van der Waals surface area contributed by atoms with E-state index in [4.69, 9.17) is 11.6 Å². The molecule has 0 saturated heterocycles. The summed E-state index contributed by atoms with van der Waals surface area (Å²) in [5.41, 5.74) is 1.99. The van der Waals surface area contributed by atoms with Crippen molar-refractivity contribution in [2.24, 2.45) is 0 Å². The normalized spacial score (nSPS) is 10.8. The zero-order valence-corrected chi connectivity index (χ0v) is 10.5. The molecule has 0 aliphatic carbocycles. The fourth-order valence-corrected chi connectivity index (χ4v) is 1.84. The summed E-state index contributed by atoms with van der Waals surface area (Å²) in [5.74, 6) is 0. The van der Waals surface area contributed by atoms with Gasteiger partial charge in [-0.15, -0.1) is 0 Å². The van der Waals surface area contributed by atoms with Gasteiger partial charge in [-0.25, -0.2) is 0 Å². The van der Waals surface area contributed by atoms with E-state index in [0.717, 1.165) is 11.8 Å².